The Balaban J connectivity index is 1.40. The number of carbonyl (C=O) groups is 1. The number of benzene rings is 2. The van der Waals surface area contributed by atoms with E-state index in [0.29, 0.717) is 11.1 Å². The fourth-order valence-corrected chi connectivity index (χ4v) is 4.54. The molecule has 0 atom stereocenters. The van der Waals surface area contributed by atoms with Crippen molar-refractivity contribution in [2.75, 3.05) is 25.5 Å². The van der Waals surface area contributed by atoms with Crippen LogP contribution in [-0.2, 0) is 18.4 Å². The zero-order valence-electron chi connectivity index (χ0n) is 18.9. The predicted octanol–water partition coefficient (Wildman–Crippen LogP) is 2.84. The van der Waals surface area contributed by atoms with E-state index in [1.54, 1.807) is 6.20 Å². The van der Waals surface area contributed by atoms with Crippen LogP contribution in [0.25, 0.3) is 21.7 Å². The Kier molecular flexibility index (Phi) is 5.60. The summed E-state index contributed by atoms with van der Waals surface area (Å²) < 4.78 is 3.31. The molecule has 1 saturated heterocycles. The first kappa shape index (κ1) is 21.2. The summed E-state index contributed by atoms with van der Waals surface area (Å²) in [5.41, 5.74) is 2.44. The Morgan fingerprint density at radius 2 is 1.91 bits per heavy atom. The van der Waals surface area contributed by atoms with Crippen LogP contribution >= 0.6 is 0 Å². The van der Waals surface area contributed by atoms with Gasteiger partial charge in [0.15, 0.2) is 0 Å². The van der Waals surface area contributed by atoms with Crippen molar-refractivity contribution in [3.8, 4) is 0 Å². The van der Waals surface area contributed by atoms with Gasteiger partial charge in [-0.25, -0.2) is 0 Å². The highest BCUT2D eigenvalue weighted by molar-refractivity contribution is 5.95. The molecule has 0 aliphatic carbocycles. The summed E-state index contributed by atoms with van der Waals surface area (Å²) in [6, 6.07) is 13.8. The minimum atomic E-state index is -0.184. The molecule has 2 aromatic heterocycles. The highest BCUT2D eigenvalue weighted by atomic mass is 16.2. The lowest BCUT2D eigenvalue weighted by atomic mass is 10.1. The molecule has 170 valence electrons. The number of hydrogen-bond acceptors (Lipinski definition) is 5. The molecular weight excluding hydrogens is 416 g/mol. The summed E-state index contributed by atoms with van der Waals surface area (Å²) in [5, 5.41) is 13.2. The molecule has 1 aliphatic heterocycles. The molecule has 0 unspecified atom stereocenters. The number of piperidine rings is 1. The van der Waals surface area contributed by atoms with E-state index in [1.165, 1.54) is 4.57 Å². The monoisotopic (exact) mass is 444 g/mol. The van der Waals surface area contributed by atoms with Crippen LogP contribution in [0.1, 0.15) is 12.8 Å². The largest absolute Gasteiger partial charge is 0.355 e. The molecule has 5 rings (SSSR count). The number of carbonyl (C=O) groups excluding carboxylic acids is 1. The SMILES string of the molecule is CN1CCC(NC(=O)Cn2ccc3cccc(Nc4ccc5c(cnn5C)c4)c3c2=O)CC1. The summed E-state index contributed by atoms with van der Waals surface area (Å²) in [6.45, 7) is 1.96. The number of nitrogens with one attached hydrogen (secondary N) is 2. The van der Waals surface area contributed by atoms with Crippen molar-refractivity contribution < 1.29 is 4.79 Å². The molecule has 8 nitrogen and oxygen atoms in total. The van der Waals surface area contributed by atoms with E-state index in [2.05, 4.69) is 27.7 Å². The van der Waals surface area contributed by atoms with Crippen molar-refractivity contribution in [2.45, 2.75) is 25.4 Å². The van der Waals surface area contributed by atoms with Crippen LogP contribution in [0.15, 0.2) is 59.7 Å². The third-order valence-corrected chi connectivity index (χ3v) is 6.43. The topological polar surface area (TPSA) is 84.2 Å². The average Bonchev–Trinajstić information content (AvgIpc) is 3.17. The smallest absolute Gasteiger partial charge is 0.261 e. The first-order valence-electron chi connectivity index (χ1n) is 11.3. The predicted molar refractivity (Wildman–Crippen MR) is 131 cm³/mol. The first-order valence-corrected chi connectivity index (χ1v) is 11.3. The highest BCUT2D eigenvalue weighted by Crippen LogP contribution is 2.26. The van der Waals surface area contributed by atoms with Crippen LogP contribution in [0, 0.1) is 0 Å². The number of pyridine rings is 1. The molecule has 0 saturated carbocycles. The van der Waals surface area contributed by atoms with Gasteiger partial charge in [0.1, 0.15) is 6.54 Å². The number of hydrogen-bond donors (Lipinski definition) is 2. The lowest BCUT2D eigenvalue weighted by Crippen LogP contribution is -2.45. The van der Waals surface area contributed by atoms with Crippen molar-refractivity contribution in [1.29, 1.82) is 0 Å². The van der Waals surface area contributed by atoms with Gasteiger partial charge in [-0.3, -0.25) is 14.3 Å². The Hall–Kier alpha value is -3.65. The second kappa shape index (κ2) is 8.71. The molecule has 4 aromatic rings. The molecule has 1 aliphatic rings. The maximum atomic E-state index is 13.3. The zero-order chi connectivity index (χ0) is 22.9. The molecule has 33 heavy (non-hydrogen) atoms. The number of amides is 1. The van der Waals surface area contributed by atoms with Gasteiger partial charge in [-0.05, 0) is 68.7 Å². The quantitative estimate of drug-likeness (QED) is 0.495. The third-order valence-electron chi connectivity index (χ3n) is 6.43. The number of fused-ring (bicyclic) bond motifs is 2. The van der Waals surface area contributed by atoms with Gasteiger partial charge in [-0.1, -0.05) is 12.1 Å². The van der Waals surface area contributed by atoms with Gasteiger partial charge < -0.3 is 20.1 Å². The lowest BCUT2D eigenvalue weighted by molar-refractivity contribution is -0.122. The van der Waals surface area contributed by atoms with Crippen LogP contribution < -0.4 is 16.2 Å². The van der Waals surface area contributed by atoms with E-state index in [9.17, 15) is 9.59 Å². The van der Waals surface area contributed by atoms with Crippen molar-refractivity contribution >= 4 is 39.0 Å². The minimum absolute atomic E-state index is 0.0110. The molecule has 0 spiro atoms. The molecule has 1 amide bonds. The van der Waals surface area contributed by atoms with Crippen LogP contribution in [0.2, 0.25) is 0 Å². The van der Waals surface area contributed by atoms with Crippen LogP contribution in [0.4, 0.5) is 11.4 Å². The fraction of sp³-hybridized carbons (Fsp3) is 0.320. The lowest BCUT2D eigenvalue weighted by Gasteiger charge is -2.29. The second-order valence-corrected chi connectivity index (χ2v) is 8.83. The number of aryl methyl sites for hydroxylation is 1. The number of anilines is 2. The van der Waals surface area contributed by atoms with Crippen molar-refractivity contribution in [3.05, 3.63) is 65.2 Å². The number of rotatable bonds is 5. The van der Waals surface area contributed by atoms with E-state index in [0.717, 1.165) is 47.9 Å². The van der Waals surface area contributed by atoms with Gasteiger partial charge in [-0.2, -0.15) is 5.10 Å². The van der Waals surface area contributed by atoms with Crippen LogP contribution in [-0.4, -0.2) is 51.3 Å². The maximum absolute atomic E-state index is 13.3. The van der Waals surface area contributed by atoms with E-state index >= 15 is 0 Å². The van der Waals surface area contributed by atoms with Gasteiger partial charge in [-0.15, -0.1) is 0 Å². The number of aromatic nitrogens is 3. The summed E-state index contributed by atoms with van der Waals surface area (Å²) in [5.74, 6) is -0.126. The first-order chi connectivity index (χ1) is 16.0. The second-order valence-electron chi connectivity index (χ2n) is 8.83. The highest BCUT2D eigenvalue weighted by Gasteiger charge is 2.19. The summed E-state index contributed by atoms with van der Waals surface area (Å²) in [6.07, 6.45) is 5.39. The Morgan fingerprint density at radius 3 is 2.73 bits per heavy atom. The fourth-order valence-electron chi connectivity index (χ4n) is 4.54. The van der Waals surface area contributed by atoms with Gasteiger partial charge >= 0.3 is 0 Å². The Labute approximate surface area is 191 Å². The van der Waals surface area contributed by atoms with Crippen molar-refractivity contribution in [2.24, 2.45) is 7.05 Å². The van der Waals surface area contributed by atoms with E-state index < -0.39 is 0 Å². The van der Waals surface area contributed by atoms with E-state index in [4.69, 9.17) is 0 Å². The molecule has 2 aromatic carbocycles. The van der Waals surface area contributed by atoms with Gasteiger partial charge in [0.25, 0.3) is 5.56 Å². The minimum Gasteiger partial charge on any atom is -0.355 e. The third kappa shape index (κ3) is 4.34. The molecule has 0 bridgehead atoms. The summed E-state index contributed by atoms with van der Waals surface area (Å²) >= 11 is 0. The molecule has 2 N–H and O–H groups in total. The average molecular weight is 445 g/mol. The standard InChI is InChI=1S/C25H28N6O2/c1-29-11-9-19(10-12-29)28-23(32)16-31-13-8-17-4-3-5-21(24(17)25(31)33)27-20-6-7-22-18(14-20)15-26-30(22)2/h3-8,13-15,19,27H,9-12,16H2,1-2H3,(H,28,32). The van der Waals surface area contributed by atoms with Gasteiger partial charge in [0, 0.05) is 30.4 Å². The summed E-state index contributed by atoms with van der Waals surface area (Å²) in [4.78, 5) is 28.3. The van der Waals surface area contributed by atoms with Crippen LogP contribution in [0.3, 0.4) is 0 Å². The molecule has 3 heterocycles. The number of nitrogens with zero attached hydrogens (tertiary/aromatic N) is 4. The zero-order valence-corrected chi connectivity index (χ0v) is 18.9. The molecular formula is C25H28N6O2. The molecule has 0 radical (unpaired) electrons. The normalized spacial score (nSPS) is 15.2. The van der Waals surface area contributed by atoms with Crippen LogP contribution in [0.5, 0.6) is 0 Å². The maximum Gasteiger partial charge on any atom is 0.261 e. The Bertz CT molecular complexity index is 1380. The molecule has 1 fully saturated rings. The Morgan fingerprint density at radius 1 is 1.09 bits per heavy atom. The van der Waals surface area contributed by atoms with E-state index in [-0.39, 0.29) is 24.1 Å². The van der Waals surface area contributed by atoms with Gasteiger partial charge in [0.2, 0.25) is 5.91 Å². The van der Waals surface area contributed by atoms with Crippen molar-refractivity contribution in [3.63, 3.8) is 0 Å². The van der Waals surface area contributed by atoms with Gasteiger partial charge in [0.05, 0.1) is 22.8 Å². The molecule has 8 heteroatoms. The number of likely N-dealkylation sites (tertiary alicyclic amines) is 1. The van der Waals surface area contributed by atoms with Crippen molar-refractivity contribution in [1.82, 2.24) is 24.6 Å². The summed E-state index contributed by atoms with van der Waals surface area (Å²) in [7, 11) is 4.00. The van der Waals surface area contributed by atoms with E-state index in [1.807, 2.05) is 60.4 Å².